The quantitative estimate of drug-likeness (QED) is 0.498. The van der Waals surface area contributed by atoms with Crippen molar-refractivity contribution in [2.24, 2.45) is 5.73 Å². The van der Waals surface area contributed by atoms with Crippen LogP contribution >= 0.6 is 23.4 Å². The zero-order valence-electron chi connectivity index (χ0n) is 9.15. The molecule has 0 aromatic heterocycles. The van der Waals surface area contributed by atoms with Gasteiger partial charge < -0.3 is 25.8 Å². The van der Waals surface area contributed by atoms with Crippen molar-refractivity contribution in [3.8, 4) is 0 Å². The molecule has 0 spiro atoms. The fourth-order valence-electron chi connectivity index (χ4n) is 1.65. The van der Waals surface area contributed by atoms with Crippen molar-refractivity contribution in [2.75, 3.05) is 6.26 Å². The molecule has 2 unspecified atom stereocenters. The van der Waals surface area contributed by atoms with E-state index in [2.05, 4.69) is 0 Å². The predicted octanol–water partition coefficient (Wildman–Crippen LogP) is -0.888. The van der Waals surface area contributed by atoms with Crippen LogP contribution in [-0.2, 0) is 4.74 Å². The zero-order chi connectivity index (χ0) is 12.5. The molecular weight excluding hydrogens is 254 g/mol. The van der Waals surface area contributed by atoms with Gasteiger partial charge in [-0.15, -0.1) is 23.4 Å². The maximum Gasteiger partial charge on any atom is 0.132 e. The molecule has 16 heavy (non-hydrogen) atoms. The smallest absolute Gasteiger partial charge is 0.132 e. The second-order valence-corrected chi connectivity index (χ2v) is 5.56. The van der Waals surface area contributed by atoms with Gasteiger partial charge in [-0.1, -0.05) is 0 Å². The molecule has 0 saturated carbocycles. The third kappa shape index (κ3) is 2.81. The molecule has 0 aromatic rings. The van der Waals surface area contributed by atoms with Gasteiger partial charge in [-0.3, -0.25) is 0 Å². The summed E-state index contributed by atoms with van der Waals surface area (Å²) < 4.78 is 5.45. The molecule has 96 valence electrons. The average molecular weight is 272 g/mol. The molecule has 1 saturated heterocycles. The first-order valence-electron chi connectivity index (χ1n) is 5.02. The highest BCUT2D eigenvalue weighted by Crippen LogP contribution is 2.29. The number of ether oxygens (including phenoxy) is 1. The van der Waals surface area contributed by atoms with Crippen LogP contribution in [0.2, 0.25) is 0 Å². The van der Waals surface area contributed by atoms with Crippen molar-refractivity contribution in [1.82, 2.24) is 0 Å². The molecule has 5 nitrogen and oxygen atoms in total. The van der Waals surface area contributed by atoms with Gasteiger partial charge in [0.05, 0.1) is 0 Å². The molecule has 0 aromatic carbocycles. The summed E-state index contributed by atoms with van der Waals surface area (Å²) >= 11 is 7.09. The fraction of sp³-hybridized carbons (Fsp3) is 1.00. The second kappa shape index (κ2) is 5.86. The molecule has 0 amide bonds. The average Bonchev–Trinajstić information content (AvgIpc) is 2.25. The Labute approximate surface area is 104 Å². The van der Waals surface area contributed by atoms with Crippen LogP contribution in [0.5, 0.6) is 0 Å². The lowest BCUT2D eigenvalue weighted by Crippen LogP contribution is -2.62. The van der Waals surface area contributed by atoms with Gasteiger partial charge in [-0.25, -0.2) is 0 Å². The van der Waals surface area contributed by atoms with Crippen LogP contribution in [0.4, 0.5) is 0 Å². The number of halogens is 1. The van der Waals surface area contributed by atoms with Gasteiger partial charge in [-0.05, 0) is 13.2 Å². The number of alkyl halides is 1. The van der Waals surface area contributed by atoms with E-state index in [9.17, 15) is 15.3 Å². The number of nitrogens with two attached hydrogens (primary N) is 1. The van der Waals surface area contributed by atoms with Gasteiger partial charge in [-0.2, -0.15) is 0 Å². The van der Waals surface area contributed by atoms with Gasteiger partial charge in [0, 0.05) is 11.4 Å². The Morgan fingerprint density at radius 1 is 1.25 bits per heavy atom. The minimum atomic E-state index is -1.27. The maximum atomic E-state index is 9.76. The van der Waals surface area contributed by atoms with Crippen LogP contribution < -0.4 is 5.73 Å². The minimum absolute atomic E-state index is 0.399. The molecule has 0 aliphatic carbocycles. The number of aliphatic hydroxyl groups excluding tert-OH is 3. The molecule has 1 heterocycles. The van der Waals surface area contributed by atoms with E-state index in [0.29, 0.717) is 0 Å². The van der Waals surface area contributed by atoms with E-state index in [1.165, 1.54) is 11.8 Å². The molecule has 0 radical (unpaired) electrons. The molecule has 1 fully saturated rings. The molecule has 7 atom stereocenters. The summed E-state index contributed by atoms with van der Waals surface area (Å²) in [5, 5.41) is 28.6. The summed E-state index contributed by atoms with van der Waals surface area (Å²) in [4.78, 5) is 0. The van der Waals surface area contributed by atoms with Crippen molar-refractivity contribution in [3.63, 3.8) is 0 Å². The van der Waals surface area contributed by atoms with E-state index < -0.39 is 41.3 Å². The van der Waals surface area contributed by atoms with Crippen molar-refractivity contribution < 1.29 is 20.1 Å². The number of rotatable bonds is 3. The van der Waals surface area contributed by atoms with Crippen molar-refractivity contribution >= 4 is 23.4 Å². The Bertz CT molecular complexity index is 232. The van der Waals surface area contributed by atoms with Crippen LogP contribution in [-0.4, -0.2) is 62.8 Å². The first-order chi connectivity index (χ1) is 7.40. The van der Waals surface area contributed by atoms with Gasteiger partial charge in [0.1, 0.15) is 29.9 Å². The molecule has 1 rings (SSSR count). The summed E-state index contributed by atoms with van der Waals surface area (Å²) in [7, 11) is 0. The first-order valence-corrected chi connectivity index (χ1v) is 6.74. The van der Waals surface area contributed by atoms with Crippen molar-refractivity contribution in [3.05, 3.63) is 0 Å². The normalized spacial score (nSPS) is 44.1. The lowest BCUT2D eigenvalue weighted by Gasteiger charge is -2.42. The summed E-state index contributed by atoms with van der Waals surface area (Å²) in [5.74, 6) is 0. The maximum absolute atomic E-state index is 9.76. The van der Waals surface area contributed by atoms with Gasteiger partial charge in [0.2, 0.25) is 0 Å². The topological polar surface area (TPSA) is 95.9 Å². The Kier molecular flexibility index (Phi) is 5.31. The van der Waals surface area contributed by atoms with E-state index >= 15 is 0 Å². The third-order valence-electron chi connectivity index (χ3n) is 2.75. The molecular formula is C9H18ClNO4S. The van der Waals surface area contributed by atoms with Crippen LogP contribution in [0.25, 0.3) is 0 Å². The summed E-state index contributed by atoms with van der Waals surface area (Å²) in [6.07, 6.45) is -2.65. The number of hydrogen-bond donors (Lipinski definition) is 4. The third-order valence-corrected chi connectivity index (χ3v) is 3.89. The zero-order valence-corrected chi connectivity index (χ0v) is 10.7. The molecule has 1 aliphatic rings. The fourth-order valence-corrected chi connectivity index (χ4v) is 2.47. The second-order valence-electron chi connectivity index (χ2n) is 3.93. The highest BCUT2D eigenvalue weighted by molar-refractivity contribution is 7.99. The lowest BCUT2D eigenvalue weighted by atomic mass is 9.94. The van der Waals surface area contributed by atoms with Crippen LogP contribution in [0.1, 0.15) is 6.92 Å². The Morgan fingerprint density at radius 3 is 2.25 bits per heavy atom. The molecule has 1 aliphatic heterocycles. The van der Waals surface area contributed by atoms with Crippen LogP contribution in [0, 0.1) is 0 Å². The Hall–Kier alpha value is 0.440. The van der Waals surface area contributed by atoms with Crippen molar-refractivity contribution in [1.29, 1.82) is 0 Å². The summed E-state index contributed by atoms with van der Waals surface area (Å²) in [6, 6.07) is -0.603. The number of hydrogen-bond acceptors (Lipinski definition) is 6. The van der Waals surface area contributed by atoms with E-state index in [1.807, 2.05) is 0 Å². The predicted molar refractivity (Wildman–Crippen MR) is 63.5 cm³/mol. The summed E-state index contributed by atoms with van der Waals surface area (Å²) in [6.45, 7) is 1.69. The van der Waals surface area contributed by atoms with Gasteiger partial charge >= 0.3 is 0 Å². The monoisotopic (exact) mass is 271 g/mol. The van der Waals surface area contributed by atoms with Gasteiger partial charge in [0.15, 0.2) is 0 Å². The van der Waals surface area contributed by atoms with E-state index in [4.69, 9.17) is 22.1 Å². The van der Waals surface area contributed by atoms with E-state index in [1.54, 1.807) is 13.2 Å². The first kappa shape index (κ1) is 14.5. The molecule has 7 heteroatoms. The largest absolute Gasteiger partial charge is 0.388 e. The highest BCUT2D eigenvalue weighted by atomic mass is 35.5. The minimum Gasteiger partial charge on any atom is -0.388 e. The van der Waals surface area contributed by atoms with Gasteiger partial charge in [0.25, 0.3) is 0 Å². The highest BCUT2D eigenvalue weighted by Gasteiger charge is 2.46. The van der Waals surface area contributed by atoms with Crippen LogP contribution in [0.3, 0.4) is 0 Å². The SMILES string of the molecule is CSC1O[C@H]([C@H](N)[C@H](C)Cl)[C@@H](O)C(O)[C@H]1O. The number of aliphatic hydroxyl groups is 3. The Morgan fingerprint density at radius 2 is 1.81 bits per heavy atom. The van der Waals surface area contributed by atoms with E-state index in [-0.39, 0.29) is 0 Å². The lowest BCUT2D eigenvalue weighted by molar-refractivity contribution is -0.202. The molecule has 0 bridgehead atoms. The number of thioether (sulfide) groups is 1. The Balaban J connectivity index is 2.78. The summed E-state index contributed by atoms with van der Waals surface area (Å²) in [5.41, 5.74) is 5.18. The standard InChI is InChI=1S/C9H18ClNO4S/c1-3(10)4(11)8-6(13)5(12)7(14)9(15-8)16-2/h3-9,12-14H,11H2,1-2H3/t3-,4+,5?,6-,7+,8+,9?/m0/s1. The molecule has 5 N–H and O–H groups in total. The van der Waals surface area contributed by atoms with E-state index in [0.717, 1.165) is 0 Å². The van der Waals surface area contributed by atoms with Crippen molar-refractivity contribution in [2.45, 2.75) is 48.2 Å². The van der Waals surface area contributed by atoms with Crippen LogP contribution in [0.15, 0.2) is 0 Å².